The van der Waals surface area contributed by atoms with Crippen LogP contribution in [-0.2, 0) is 14.3 Å². The van der Waals surface area contributed by atoms with E-state index in [2.05, 4.69) is 10.6 Å². The van der Waals surface area contributed by atoms with Crippen LogP contribution in [0.5, 0.6) is 0 Å². The van der Waals surface area contributed by atoms with E-state index in [4.69, 9.17) is 9.84 Å². The van der Waals surface area contributed by atoms with Gasteiger partial charge in [0.1, 0.15) is 12.6 Å². The predicted octanol–water partition coefficient (Wildman–Crippen LogP) is 3.92. The van der Waals surface area contributed by atoms with Gasteiger partial charge in [-0.15, -0.1) is 0 Å². The summed E-state index contributed by atoms with van der Waals surface area (Å²) in [7, 11) is 0. The quantitative estimate of drug-likeness (QED) is 0.441. The van der Waals surface area contributed by atoms with E-state index in [-0.39, 0.29) is 25.5 Å². The van der Waals surface area contributed by atoms with E-state index >= 15 is 0 Å². The predicted molar refractivity (Wildman–Crippen MR) is 117 cm³/mol. The minimum Gasteiger partial charge on any atom is -0.481 e. The van der Waals surface area contributed by atoms with Crippen molar-refractivity contribution in [1.82, 2.24) is 10.6 Å². The number of carboxylic acids is 1. The van der Waals surface area contributed by atoms with Crippen molar-refractivity contribution >= 4 is 18.0 Å². The third kappa shape index (κ3) is 6.50. The molecule has 3 N–H and O–H groups in total. The number of unbranched alkanes of at least 4 members (excludes halogenated alkanes) is 1. The molecule has 1 unspecified atom stereocenters. The Morgan fingerprint density at radius 3 is 2.15 bits per heavy atom. The highest BCUT2D eigenvalue weighted by atomic mass is 19.3. The number of aliphatic carboxylic acids is 1. The lowest BCUT2D eigenvalue weighted by Gasteiger charge is -2.19. The second-order valence-corrected chi connectivity index (χ2v) is 7.82. The van der Waals surface area contributed by atoms with E-state index in [0.717, 1.165) is 22.3 Å². The first-order valence-corrected chi connectivity index (χ1v) is 10.7. The van der Waals surface area contributed by atoms with E-state index in [1.54, 1.807) is 0 Å². The first kappa shape index (κ1) is 24.2. The van der Waals surface area contributed by atoms with Crippen molar-refractivity contribution < 1.29 is 33.0 Å². The molecule has 0 heterocycles. The van der Waals surface area contributed by atoms with Gasteiger partial charge in [-0.05, 0) is 35.1 Å². The molecule has 1 aliphatic carbocycles. The molecule has 2 aromatic rings. The van der Waals surface area contributed by atoms with Gasteiger partial charge in [-0.3, -0.25) is 9.59 Å². The van der Waals surface area contributed by atoms with Crippen LogP contribution < -0.4 is 10.6 Å². The van der Waals surface area contributed by atoms with Crippen LogP contribution in [0, 0.1) is 0 Å². The first-order chi connectivity index (χ1) is 15.9. The number of rotatable bonds is 11. The molecule has 3 rings (SSSR count). The number of carbonyl (C=O) groups excluding carboxylic acids is 2. The van der Waals surface area contributed by atoms with Crippen molar-refractivity contribution in [2.45, 2.75) is 44.1 Å². The second-order valence-electron chi connectivity index (χ2n) is 7.82. The van der Waals surface area contributed by atoms with Crippen molar-refractivity contribution in [2.75, 3.05) is 13.2 Å². The number of alkyl carbamates (subject to hydrolysis) is 1. The number of amides is 2. The zero-order chi connectivity index (χ0) is 23.8. The van der Waals surface area contributed by atoms with Crippen molar-refractivity contribution in [1.29, 1.82) is 0 Å². The fraction of sp³-hybridized carbons (Fsp3) is 0.375. The summed E-state index contributed by atoms with van der Waals surface area (Å²) in [5.41, 5.74) is 4.10. The lowest BCUT2D eigenvalue weighted by Crippen LogP contribution is -2.44. The Labute approximate surface area is 190 Å². The molecule has 0 aromatic heterocycles. The number of hydrogen-bond acceptors (Lipinski definition) is 4. The number of alkyl halides is 2. The molecule has 0 aliphatic heterocycles. The smallest absolute Gasteiger partial charge is 0.407 e. The fourth-order valence-corrected chi connectivity index (χ4v) is 3.90. The molecule has 7 nitrogen and oxygen atoms in total. The standard InChI is InChI=1S/C24H26F2N2O5/c25-23(26)20(13-21(29)27-12-6-5-11-22(30)31)28-24(32)33-14-19-17-9-3-1-7-15(17)16-8-2-4-10-18(16)19/h1-4,7-10,19-20,23H,5-6,11-14H2,(H,27,29)(H,28,32)(H,30,31). The van der Waals surface area contributed by atoms with Gasteiger partial charge in [0.15, 0.2) is 0 Å². The van der Waals surface area contributed by atoms with Crippen molar-refractivity contribution in [3.8, 4) is 11.1 Å². The Kier molecular flexibility index (Phi) is 8.34. The highest BCUT2D eigenvalue weighted by molar-refractivity contribution is 5.79. The monoisotopic (exact) mass is 460 g/mol. The summed E-state index contributed by atoms with van der Waals surface area (Å²) >= 11 is 0. The van der Waals surface area contributed by atoms with E-state index in [1.807, 2.05) is 48.5 Å². The Balaban J connectivity index is 1.50. The normalized spacial score (nSPS) is 13.2. The highest BCUT2D eigenvalue weighted by Crippen LogP contribution is 2.44. The lowest BCUT2D eigenvalue weighted by molar-refractivity contribution is -0.137. The van der Waals surface area contributed by atoms with Crippen molar-refractivity contribution in [2.24, 2.45) is 0 Å². The summed E-state index contributed by atoms with van der Waals surface area (Å²) in [6.45, 7) is 0.151. The zero-order valence-electron chi connectivity index (χ0n) is 17.9. The number of ether oxygens (including phenoxy) is 1. The molecule has 9 heteroatoms. The number of carbonyl (C=O) groups is 3. The number of fused-ring (bicyclic) bond motifs is 3. The van der Waals surface area contributed by atoms with Gasteiger partial charge in [-0.1, -0.05) is 48.5 Å². The average molecular weight is 460 g/mol. The minimum absolute atomic E-state index is 0.0222. The second kappa shape index (κ2) is 11.4. The van der Waals surface area contributed by atoms with Crippen LogP contribution in [0.1, 0.15) is 42.7 Å². The summed E-state index contributed by atoms with van der Waals surface area (Å²) < 4.78 is 32.0. The lowest BCUT2D eigenvalue weighted by atomic mass is 9.98. The third-order valence-corrected chi connectivity index (χ3v) is 5.50. The molecular weight excluding hydrogens is 434 g/mol. The Hall–Kier alpha value is -3.49. The maximum absolute atomic E-state index is 13.4. The number of benzene rings is 2. The van der Waals surface area contributed by atoms with Crippen LogP contribution in [0.3, 0.4) is 0 Å². The maximum Gasteiger partial charge on any atom is 0.407 e. The Morgan fingerprint density at radius 1 is 0.970 bits per heavy atom. The first-order valence-electron chi connectivity index (χ1n) is 10.7. The molecular formula is C24H26F2N2O5. The van der Waals surface area contributed by atoms with Gasteiger partial charge in [0, 0.05) is 18.9 Å². The third-order valence-electron chi connectivity index (χ3n) is 5.50. The summed E-state index contributed by atoms with van der Waals surface area (Å²) in [6.07, 6.45) is -3.83. The number of carboxylic acid groups (broad SMARTS) is 1. The molecule has 176 valence electrons. The maximum atomic E-state index is 13.4. The minimum atomic E-state index is -2.96. The molecule has 1 atom stereocenters. The Bertz CT molecular complexity index is 953. The topological polar surface area (TPSA) is 105 Å². The molecule has 2 amide bonds. The van der Waals surface area contributed by atoms with Gasteiger partial charge in [0.25, 0.3) is 6.43 Å². The summed E-state index contributed by atoms with van der Waals surface area (Å²) in [5, 5.41) is 13.1. The fourth-order valence-electron chi connectivity index (χ4n) is 3.90. The van der Waals surface area contributed by atoms with E-state index < -0.39 is 36.9 Å². The molecule has 0 radical (unpaired) electrons. The average Bonchev–Trinajstić information content (AvgIpc) is 3.10. The zero-order valence-corrected chi connectivity index (χ0v) is 17.9. The van der Waals surface area contributed by atoms with Gasteiger partial charge in [0.2, 0.25) is 5.91 Å². The molecule has 0 bridgehead atoms. The molecule has 0 saturated heterocycles. The van der Waals surface area contributed by atoms with Gasteiger partial charge in [-0.25, -0.2) is 13.6 Å². The molecule has 2 aromatic carbocycles. The van der Waals surface area contributed by atoms with E-state index in [0.29, 0.717) is 12.8 Å². The summed E-state index contributed by atoms with van der Waals surface area (Å²) in [5.74, 6) is -1.80. The number of hydrogen-bond donors (Lipinski definition) is 3. The number of nitrogens with one attached hydrogen (secondary N) is 2. The van der Waals surface area contributed by atoms with Crippen LogP contribution in [0.4, 0.5) is 13.6 Å². The SMILES string of the molecule is O=C(O)CCCCNC(=O)CC(NC(=O)OCC1c2ccccc2-c2ccccc21)C(F)F. The van der Waals surface area contributed by atoms with E-state index in [1.165, 1.54) is 0 Å². The van der Waals surface area contributed by atoms with Crippen LogP contribution in [0.25, 0.3) is 11.1 Å². The van der Waals surface area contributed by atoms with E-state index in [9.17, 15) is 23.2 Å². The van der Waals surface area contributed by atoms with Crippen LogP contribution in [0.2, 0.25) is 0 Å². The molecule has 1 aliphatic rings. The Morgan fingerprint density at radius 2 is 1.58 bits per heavy atom. The molecule has 33 heavy (non-hydrogen) atoms. The summed E-state index contributed by atoms with van der Waals surface area (Å²) in [4.78, 5) is 34.6. The van der Waals surface area contributed by atoms with Gasteiger partial charge in [0.05, 0.1) is 6.42 Å². The van der Waals surface area contributed by atoms with Gasteiger partial charge >= 0.3 is 12.1 Å². The molecule has 0 fully saturated rings. The molecule has 0 spiro atoms. The summed E-state index contributed by atoms with van der Waals surface area (Å²) in [6, 6.07) is 13.8. The highest BCUT2D eigenvalue weighted by Gasteiger charge is 2.30. The largest absolute Gasteiger partial charge is 0.481 e. The van der Waals surface area contributed by atoms with Crippen LogP contribution >= 0.6 is 0 Å². The van der Waals surface area contributed by atoms with Gasteiger partial charge in [-0.2, -0.15) is 0 Å². The van der Waals surface area contributed by atoms with Crippen molar-refractivity contribution in [3.05, 3.63) is 59.7 Å². The van der Waals surface area contributed by atoms with Crippen LogP contribution in [-0.4, -0.2) is 48.7 Å². The molecule has 0 saturated carbocycles. The number of halogens is 2. The van der Waals surface area contributed by atoms with Crippen molar-refractivity contribution in [3.63, 3.8) is 0 Å². The van der Waals surface area contributed by atoms with Crippen LogP contribution in [0.15, 0.2) is 48.5 Å². The van der Waals surface area contributed by atoms with Gasteiger partial charge < -0.3 is 20.5 Å².